The Balaban J connectivity index is 1.48. The Bertz CT molecular complexity index is 1280. The van der Waals surface area contributed by atoms with Crippen LogP contribution in [0.2, 0.25) is 0 Å². The predicted octanol–water partition coefficient (Wildman–Crippen LogP) is 8.09. The van der Waals surface area contributed by atoms with E-state index in [1.165, 1.54) is 0 Å². The van der Waals surface area contributed by atoms with Crippen molar-refractivity contribution in [3.63, 3.8) is 0 Å². The first-order chi connectivity index (χ1) is 16.3. The van der Waals surface area contributed by atoms with Crippen LogP contribution in [0.3, 0.4) is 0 Å². The van der Waals surface area contributed by atoms with Gasteiger partial charge in [-0.15, -0.1) is 0 Å². The molecule has 0 fully saturated rings. The molecule has 0 atom stereocenters. The molecule has 34 heavy (non-hydrogen) atoms. The summed E-state index contributed by atoms with van der Waals surface area (Å²) in [5.41, 5.74) is 7.36. The molecule has 4 rings (SSSR count). The molecule has 0 aliphatic rings. The highest BCUT2D eigenvalue weighted by atomic mass is 127. The van der Waals surface area contributed by atoms with Crippen molar-refractivity contribution in [2.75, 3.05) is 0 Å². The highest BCUT2D eigenvalue weighted by Gasteiger charge is 2.06. The number of nitrogens with zero attached hydrogens (tertiary/aromatic N) is 2. The fourth-order valence-electron chi connectivity index (χ4n) is 3.49. The minimum Gasteiger partial charge on any atom is -0.506 e. The Morgan fingerprint density at radius 1 is 0.588 bits per heavy atom. The van der Waals surface area contributed by atoms with Crippen LogP contribution in [0.25, 0.3) is 11.1 Å². The maximum Gasteiger partial charge on any atom is 0.137 e. The summed E-state index contributed by atoms with van der Waals surface area (Å²) >= 11 is 4.25. The largest absolute Gasteiger partial charge is 0.506 e. The van der Waals surface area contributed by atoms with Crippen molar-refractivity contribution < 1.29 is 10.2 Å². The minimum atomic E-state index is 0.252. The molecule has 2 N–H and O–H groups in total. The molecular weight excluding hydrogens is 650 g/mol. The summed E-state index contributed by atoms with van der Waals surface area (Å²) in [7, 11) is 0. The van der Waals surface area contributed by atoms with E-state index in [4.69, 9.17) is 0 Å². The van der Waals surface area contributed by atoms with Gasteiger partial charge in [-0.2, -0.15) is 0 Å². The Kier molecular flexibility index (Phi) is 7.67. The minimum absolute atomic E-state index is 0.252. The molecule has 0 unspecified atom stereocenters. The first-order valence-corrected chi connectivity index (χ1v) is 12.7. The van der Waals surface area contributed by atoms with Crippen molar-refractivity contribution in [2.24, 2.45) is 9.98 Å². The van der Waals surface area contributed by atoms with E-state index in [1.54, 1.807) is 12.4 Å². The predicted molar refractivity (Wildman–Crippen MR) is 158 cm³/mol. The third-order valence-corrected chi connectivity index (χ3v) is 6.89. The van der Waals surface area contributed by atoms with E-state index < -0.39 is 0 Å². The quantitative estimate of drug-likeness (QED) is 0.166. The number of benzene rings is 4. The van der Waals surface area contributed by atoms with Crippen LogP contribution in [0.1, 0.15) is 22.3 Å². The Hall–Kier alpha value is -2.72. The number of aromatic hydroxyl groups is 2. The van der Waals surface area contributed by atoms with Crippen LogP contribution in [-0.2, 0) is 0 Å². The van der Waals surface area contributed by atoms with Gasteiger partial charge in [0.2, 0.25) is 0 Å². The van der Waals surface area contributed by atoms with Crippen LogP contribution in [0.4, 0.5) is 11.4 Å². The fourth-order valence-corrected chi connectivity index (χ4v) is 5.09. The average Bonchev–Trinajstić information content (AvgIpc) is 2.82. The van der Waals surface area contributed by atoms with Crippen LogP contribution in [0.15, 0.2) is 82.8 Å². The van der Waals surface area contributed by atoms with Gasteiger partial charge in [0.05, 0.1) is 18.5 Å². The van der Waals surface area contributed by atoms with E-state index >= 15 is 0 Å². The zero-order valence-electron chi connectivity index (χ0n) is 18.6. The smallest absolute Gasteiger partial charge is 0.137 e. The van der Waals surface area contributed by atoms with Crippen molar-refractivity contribution in [2.45, 2.75) is 13.8 Å². The van der Waals surface area contributed by atoms with Gasteiger partial charge in [0, 0.05) is 23.6 Å². The maximum atomic E-state index is 10.2. The zero-order chi connectivity index (χ0) is 24.2. The lowest BCUT2D eigenvalue weighted by molar-refractivity contribution is 0.470. The normalized spacial score (nSPS) is 11.5. The van der Waals surface area contributed by atoms with Gasteiger partial charge >= 0.3 is 0 Å². The molecule has 0 spiro atoms. The van der Waals surface area contributed by atoms with Crippen molar-refractivity contribution >= 4 is 69.0 Å². The van der Waals surface area contributed by atoms with Gasteiger partial charge in [-0.05, 0) is 130 Å². The van der Waals surface area contributed by atoms with Crippen molar-refractivity contribution in [1.29, 1.82) is 0 Å². The number of hydrogen-bond acceptors (Lipinski definition) is 4. The highest BCUT2D eigenvalue weighted by Crippen LogP contribution is 2.28. The van der Waals surface area contributed by atoms with Crippen molar-refractivity contribution in [3.05, 3.63) is 102 Å². The Labute approximate surface area is 226 Å². The first kappa shape index (κ1) is 24.4. The highest BCUT2D eigenvalue weighted by molar-refractivity contribution is 14.1. The van der Waals surface area contributed by atoms with Gasteiger partial charge < -0.3 is 10.2 Å². The second kappa shape index (κ2) is 10.7. The molecule has 6 heteroatoms. The van der Waals surface area contributed by atoms with E-state index in [0.717, 1.165) is 40.8 Å². The number of phenolic OH excluding ortho intramolecular Hbond substituents is 2. The van der Waals surface area contributed by atoms with Gasteiger partial charge in [0.25, 0.3) is 0 Å². The lowest BCUT2D eigenvalue weighted by Crippen LogP contribution is -1.88. The second-order valence-corrected chi connectivity index (χ2v) is 10.3. The number of aliphatic imine (C=N–C) groups is 2. The van der Waals surface area contributed by atoms with Gasteiger partial charge in [0.1, 0.15) is 11.5 Å². The standard InChI is InChI=1S/C28H22I2N2O2/c1-17-11-21(27(33)25(29)13-17)15-31-23-7-3-19(4-8-23)20-5-9-24(10-6-20)32-16-22-12-18(2)14-26(30)28(22)34/h3-16,33-34H,1-2H3. The summed E-state index contributed by atoms with van der Waals surface area (Å²) in [5, 5.41) is 20.5. The lowest BCUT2D eigenvalue weighted by Gasteiger charge is -2.05. The number of hydrogen-bond donors (Lipinski definition) is 2. The molecule has 0 heterocycles. The van der Waals surface area contributed by atoms with Gasteiger partial charge in [0.15, 0.2) is 0 Å². The summed E-state index contributed by atoms with van der Waals surface area (Å²) in [6.45, 7) is 3.99. The van der Waals surface area contributed by atoms with E-state index in [-0.39, 0.29) is 11.5 Å². The lowest BCUT2D eigenvalue weighted by atomic mass is 10.1. The van der Waals surface area contributed by atoms with Crippen LogP contribution in [0.5, 0.6) is 11.5 Å². The average molecular weight is 672 g/mol. The summed E-state index contributed by atoms with van der Waals surface area (Å²) in [6, 6.07) is 23.6. The van der Waals surface area contributed by atoms with Gasteiger partial charge in [-0.1, -0.05) is 24.3 Å². The zero-order valence-corrected chi connectivity index (χ0v) is 22.9. The van der Waals surface area contributed by atoms with Crippen molar-refractivity contribution in [1.82, 2.24) is 0 Å². The Morgan fingerprint density at radius 2 is 0.941 bits per heavy atom. The molecule has 170 valence electrons. The van der Waals surface area contributed by atoms with Crippen LogP contribution < -0.4 is 0 Å². The molecular formula is C28H22I2N2O2. The topological polar surface area (TPSA) is 65.2 Å². The third kappa shape index (κ3) is 5.85. The molecule has 0 saturated heterocycles. The molecule has 0 bridgehead atoms. The van der Waals surface area contributed by atoms with E-state index in [1.807, 2.05) is 86.6 Å². The van der Waals surface area contributed by atoms with E-state index in [9.17, 15) is 10.2 Å². The van der Waals surface area contributed by atoms with Crippen LogP contribution in [0, 0.1) is 21.0 Å². The summed E-state index contributed by atoms with van der Waals surface area (Å²) in [6.07, 6.45) is 3.39. The van der Waals surface area contributed by atoms with E-state index in [2.05, 4.69) is 55.2 Å². The van der Waals surface area contributed by atoms with Crippen LogP contribution in [-0.4, -0.2) is 22.6 Å². The number of phenols is 2. The Morgan fingerprint density at radius 3 is 1.29 bits per heavy atom. The number of rotatable bonds is 5. The molecule has 0 amide bonds. The van der Waals surface area contributed by atoms with Gasteiger partial charge in [-0.25, -0.2) is 0 Å². The monoisotopic (exact) mass is 672 g/mol. The summed E-state index contributed by atoms with van der Waals surface area (Å²) in [4.78, 5) is 9.03. The number of aryl methyl sites for hydroxylation is 2. The maximum absolute atomic E-state index is 10.2. The third-order valence-electron chi connectivity index (χ3n) is 5.25. The summed E-state index contributed by atoms with van der Waals surface area (Å²) < 4.78 is 1.63. The molecule has 0 aliphatic carbocycles. The van der Waals surface area contributed by atoms with Gasteiger partial charge in [-0.3, -0.25) is 9.98 Å². The molecule has 4 aromatic rings. The molecule has 4 aromatic carbocycles. The van der Waals surface area contributed by atoms with Crippen LogP contribution >= 0.6 is 45.2 Å². The van der Waals surface area contributed by atoms with Crippen molar-refractivity contribution in [3.8, 4) is 22.6 Å². The van der Waals surface area contributed by atoms with E-state index in [0.29, 0.717) is 11.1 Å². The molecule has 4 nitrogen and oxygen atoms in total. The molecule has 0 aromatic heterocycles. The second-order valence-electron chi connectivity index (χ2n) is 7.98. The first-order valence-electron chi connectivity index (χ1n) is 10.6. The molecule has 0 radical (unpaired) electrons. The molecule has 0 aliphatic heterocycles. The fraction of sp³-hybridized carbons (Fsp3) is 0.0714. The SMILES string of the molecule is Cc1cc(I)c(O)c(C=Nc2ccc(-c3ccc(N=Cc4cc(C)cc(I)c4O)cc3)cc2)c1. The number of halogens is 2. The molecule has 0 saturated carbocycles. The summed E-state index contributed by atoms with van der Waals surface area (Å²) in [5.74, 6) is 0.503.